The van der Waals surface area contributed by atoms with Gasteiger partial charge in [-0.1, -0.05) is 58.9 Å². The summed E-state index contributed by atoms with van der Waals surface area (Å²) in [4.78, 5) is 40.5. The average molecular weight is 729 g/mol. The van der Waals surface area contributed by atoms with Crippen molar-refractivity contribution in [3.8, 4) is 16.9 Å². The molecule has 0 unspecified atom stereocenters. The highest BCUT2D eigenvalue weighted by Crippen LogP contribution is 2.47. The van der Waals surface area contributed by atoms with Crippen LogP contribution in [0.5, 0.6) is 5.75 Å². The molecule has 1 saturated heterocycles. The third-order valence-electron chi connectivity index (χ3n) is 12.2. The maximum absolute atomic E-state index is 14.6. The lowest BCUT2D eigenvalue weighted by Crippen LogP contribution is -2.57. The molecule has 1 aromatic heterocycles. The summed E-state index contributed by atoms with van der Waals surface area (Å²) in [6.07, 6.45) is 1.32. The maximum atomic E-state index is 14.6. The molecule has 11 heteroatoms. The fraction of sp³-hybridized carbons (Fsp3) is 0.548. The van der Waals surface area contributed by atoms with Crippen molar-refractivity contribution in [2.75, 3.05) is 39.7 Å². The number of nitrogens with one attached hydrogen (secondary N) is 3. The smallest absolute Gasteiger partial charge is 0.251 e. The quantitative estimate of drug-likeness (QED) is 0.186. The number of aliphatic hydroxyl groups excluding tert-OH is 1. The van der Waals surface area contributed by atoms with Crippen LogP contribution in [-0.2, 0) is 22.7 Å². The lowest BCUT2D eigenvalue weighted by molar-refractivity contribution is -0.175. The lowest BCUT2D eigenvalue weighted by Gasteiger charge is -2.50. The van der Waals surface area contributed by atoms with E-state index >= 15 is 0 Å². The Morgan fingerprint density at radius 1 is 1.11 bits per heavy atom. The number of carbonyl (C=O) groups is 2. The molecule has 1 aliphatic carbocycles. The Morgan fingerprint density at radius 2 is 1.87 bits per heavy atom. The summed E-state index contributed by atoms with van der Waals surface area (Å²) in [6.45, 7) is 14.4. The number of aliphatic hydroxyl groups is 1. The number of para-hydroxylation sites is 1. The molecule has 4 N–H and O–H groups in total. The zero-order valence-corrected chi connectivity index (χ0v) is 33.1. The molecule has 2 amide bonds. The van der Waals surface area contributed by atoms with Crippen LogP contribution in [0.1, 0.15) is 69.6 Å². The summed E-state index contributed by atoms with van der Waals surface area (Å²) in [5.41, 5.74) is 4.89. The molecule has 8 atom stereocenters. The van der Waals surface area contributed by atoms with E-state index in [2.05, 4.69) is 55.6 Å². The molecule has 3 aromatic rings. The van der Waals surface area contributed by atoms with Crippen molar-refractivity contribution in [2.24, 2.45) is 29.1 Å². The zero-order chi connectivity index (χ0) is 38.6. The van der Waals surface area contributed by atoms with Gasteiger partial charge in [-0.25, -0.2) is 0 Å². The number of hydrogen-bond donors (Lipinski definition) is 4. The molecule has 2 aliphatic rings. The van der Waals surface area contributed by atoms with Crippen molar-refractivity contribution in [3.63, 3.8) is 0 Å². The molecule has 288 valence electrons. The van der Waals surface area contributed by atoms with E-state index < -0.39 is 24.2 Å². The normalized spacial score (nSPS) is 26.1. The van der Waals surface area contributed by atoms with E-state index in [1.165, 1.54) is 0 Å². The molecule has 0 spiro atoms. The first-order valence-corrected chi connectivity index (χ1v) is 18.9. The first-order valence-electron chi connectivity index (χ1n) is 18.9. The van der Waals surface area contributed by atoms with Gasteiger partial charge in [-0.05, 0) is 72.4 Å². The number of hydrogen-bond acceptors (Lipinski definition) is 9. The van der Waals surface area contributed by atoms with Crippen LogP contribution in [0, 0.1) is 29.1 Å². The Bertz CT molecular complexity index is 1720. The van der Waals surface area contributed by atoms with E-state index in [-0.39, 0.29) is 35.7 Å². The molecule has 2 fully saturated rings. The highest BCUT2D eigenvalue weighted by Gasteiger charge is 2.51. The van der Waals surface area contributed by atoms with Crippen LogP contribution >= 0.6 is 0 Å². The highest BCUT2D eigenvalue weighted by atomic mass is 16.7. The maximum Gasteiger partial charge on any atom is 0.251 e. The second-order valence-electron chi connectivity index (χ2n) is 15.9. The van der Waals surface area contributed by atoms with Gasteiger partial charge in [0.05, 0.1) is 31.6 Å². The molecular formula is C42H60N6O5. The minimum absolute atomic E-state index is 0.00490. The van der Waals surface area contributed by atoms with Gasteiger partial charge in [-0.3, -0.25) is 19.4 Å². The Balaban J connectivity index is 1.49. The third-order valence-corrected chi connectivity index (χ3v) is 12.2. The molecule has 0 radical (unpaired) electrons. The summed E-state index contributed by atoms with van der Waals surface area (Å²) in [7, 11) is 7.12. The number of ether oxygens (including phenoxy) is 1. The number of aromatic nitrogens is 1. The number of carbonyl (C=O) groups excluding carboxylic acids is 2. The monoisotopic (exact) mass is 728 g/mol. The molecular weight excluding hydrogens is 668 g/mol. The topological polar surface area (TPSA) is 128 Å². The van der Waals surface area contributed by atoms with Crippen LogP contribution in [0.4, 0.5) is 5.69 Å². The molecule has 53 heavy (non-hydrogen) atoms. The van der Waals surface area contributed by atoms with Crippen LogP contribution in [0.3, 0.4) is 0 Å². The largest absolute Gasteiger partial charge is 0.496 e. The van der Waals surface area contributed by atoms with E-state index in [9.17, 15) is 14.7 Å². The van der Waals surface area contributed by atoms with Gasteiger partial charge in [-0.15, -0.1) is 0 Å². The number of benzene rings is 2. The Labute approximate surface area is 315 Å². The second-order valence-corrected chi connectivity index (χ2v) is 15.9. The molecule has 1 saturated carbocycles. The minimum atomic E-state index is -0.830. The molecule has 1 aliphatic heterocycles. The van der Waals surface area contributed by atoms with Gasteiger partial charge in [0.15, 0.2) is 0 Å². The number of amides is 2. The number of nitrogens with zero attached hydrogens (tertiary/aromatic N) is 3. The third kappa shape index (κ3) is 8.70. The molecule has 0 bridgehead atoms. The second kappa shape index (κ2) is 17.0. The fourth-order valence-corrected chi connectivity index (χ4v) is 8.22. The number of rotatable bonds is 13. The van der Waals surface area contributed by atoms with E-state index in [4.69, 9.17) is 9.57 Å². The Kier molecular flexibility index (Phi) is 12.9. The Morgan fingerprint density at radius 3 is 2.51 bits per heavy atom. The lowest BCUT2D eigenvalue weighted by atomic mass is 9.58. The van der Waals surface area contributed by atoms with E-state index in [1.54, 1.807) is 32.3 Å². The van der Waals surface area contributed by atoms with Gasteiger partial charge in [0.25, 0.3) is 5.91 Å². The summed E-state index contributed by atoms with van der Waals surface area (Å²) in [5, 5.41) is 22.7. The van der Waals surface area contributed by atoms with E-state index in [0.717, 1.165) is 34.5 Å². The molecule has 2 aromatic carbocycles. The summed E-state index contributed by atoms with van der Waals surface area (Å²) in [6, 6.07) is 16.6. The average Bonchev–Trinajstić information content (AvgIpc) is 3.51. The van der Waals surface area contributed by atoms with Crippen LogP contribution in [-0.4, -0.2) is 86.1 Å². The van der Waals surface area contributed by atoms with Gasteiger partial charge >= 0.3 is 0 Å². The van der Waals surface area contributed by atoms with Gasteiger partial charge in [0.2, 0.25) is 5.91 Å². The van der Waals surface area contributed by atoms with Crippen LogP contribution in [0.2, 0.25) is 0 Å². The van der Waals surface area contributed by atoms with E-state index in [0.29, 0.717) is 36.2 Å². The molecule has 11 nitrogen and oxygen atoms in total. The number of pyridine rings is 1. The van der Waals surface area contributed by atoms with E-state index in [1.807, 2.05) is 73.6 Å². The highest BCUT2D eigenvalue weighted by molar-refractivity contribution is 5.97. The number of methoxy groups -OCH3 is 1. The van der Waals surface area contributed by atoms with Gasteiger partial charge in [-0.2, -0.15) is 5.06 Å². The van der Waals surface area contributed by atoms with Crippen molar-refractivity contribution in [1.29, 1.82) is 0 Å². The van der Waals surface area contributed by atoms with Crippen LogP contribution in [0.15, 0.2) is 60.8 Å². The van der Waals surface area contributed by atoms with Crippen molar-refractivity contribution < 1.29 is 24.3 Å². The predicted octanol–water partition coefficient (Wildman–Crippen LogP) is 5.28. The first-order chi connectivity index (χ1) is 25.2. The van der Waals surface area contributed by atoms with Crippen molar-refractivity contribution in [1.82, 2.24) is 26.0 Å². The summed E-state index contributed by atoms with van der Waals surface area (Å²) in [5.74, 6) is 0.871. The number of hydroxylamine groups is 2. The molecule has 2 heterocycles. The van der Waals surface area contributed by atoms with Crippen molar-refractivity contribution in [3.05, 3.63) is 77.6 Å². The molecule has 5 rings (SSSR count). The van der Waals surface area contributed by atoms with Crippen LogP contribution in [0.25, 0.3) is 11.1 Å². The first kappa shape index (κ1) is 40.2. The minimum Gasteiger partial charge on any atom is -0.496 e. The van der Waals surface area contributed by atoms with Gasteiger partial charge < -0.3 is 30.7 Å². The van der Waals surface area contributed by atoms with Crippen molar-refractivity contribution >= 4 is 17.5 Å². The SMILES string of the molecule is CNC(=O)c1cc(-c2cccc(CN3O[C@@H](CNCc4ccccn4)[C@@H]([C@H](C)O)[C@H]3C(=O)N[C@H]3C[C@@H](C)C(C)(C)[C@@H](C)[C@@H]3C)c2OC)cc(N(C)C)c1. The van der Waals surface area contributed by atoms with Gasteiger partial charge in [0, 0.05) is 74.8 Å². The number of anilines is 1. The van der Waals surface area contributed by atoms with Crippen molar-refractivity contribution in [2.45, 2.75) is 85.3 Å². The fourth-order valence-electron chi connectivity index (χ4n) is 8.22. The standard InChI is InChI=1S/C42H60N6O5/c1-25-18-35(26(2)27(3)42(25,5)6)46-41(51)38-37(28(4)49)36(23-44-22-32-15-11-12-17-45-32)53-48(38)24-29-14-13-16-34(39(29)52-10)30-19-31(40(50)43-7)21-33(20-30)47(8)9/h11-17,19-21,25-28,35-38,44,49H,18,22-24H2,1-10H3,(H,43,50)(H,46,51)/t25-,26+,27+,28+,35+,36+,37-,38+/m1/s1. The predicted molar refractivity (Wildman–Crippen MR) is 209 cm³/mol. The Hall–Kier alpha value is -4.03. The van der Waals surface area contributed by atoms with Crippen LogP contribution < -0.4 is 25.6 Å². The zero-order valence-electron chi connectivity index (χ0n) is 33.1. The summed E-state index contributed by atoms with van der Waals surface area (Å²) >= 11 is 0. The summed E-state index contributed by atoms with van der Waals surface area (Å²) < 4.78 is 6.09. The van der Waals surface area contributed by atoms with Gasteiger partial charge in [0.1, 0.15) is 11.8 Å².